The molecule has 3 nitrogen and oxygen atoms in total. The van der Waals surface area contributed by atoms with Crippen LogP contribution in [0.3, 0.4) is 0 Å². The summed E-state index contributed by atoms with van der Waals surface area (Å²) in [6, 6.07) is 8.23. The molecular formula is C15H25ClN2OS. The van der Waals surface area contributed by atoms with Crippen molar-refractivity contribution in [2.24, 2.45) is 11.1 Å². The average molecular weight is 317 g/mol. The third kappa shape index (κ3) is 6.64. The van der Waals surface area contributed by atoms with Crippen molar-refractivity contribution >= 4 is 30.1 Å². The highest BCUT2D eigenvalue weighted by molar-refractivity contribution is 8.00. The van der Waals surface area contributed by atoms with Gasteiger partial charge in [-0.1, -0.05) is 31.5 Å². The van der Waals surface area contributed by atoms with Crippen molar-refractivity contribution in [3.63, 3.8) is 0 Å². The molecule has 114 valence electrons. The molecule has 20 heavy (non-hydrogen) atoms. The van der Waals surface area contributed by atoms with Crippen LogP contribution in [0.15, 0.2) is 29.2 Å². The van der Waals surface area contributed by atoms with E-state index in [1.807, 2.05) is 7.05 Å². The van der Waals surface area contributed by atoms with Gasteiger partial charge in [0.2, 0.25) is 5.91 Å². The Morgan fingerprint density at radius 1 is 1.30 bits per heavy atom. The van der Waals surface area contributed by atoms with E-state index in [0.29, 0.717) is 18.8 Å². The number of amides is 1. The zero-order chi connectivity index (χ0) is 14.5. The number of thioether (sulfide) groups is 1. The lowest BCUT2D eigenvalue weighted by Crippen LogP contribution is -2.40. The maximum atomic E-state index is 12.0. The van der Waals surface area contributed by atoms with Crippen LogP contribution < -0.4 is 5.73 Å². The van der Waals surface area contributed by atoms with E-state index in [1.54, 1.807) is 16.7 Å². The fourth-order valence-electron chi connectivity index (χ4n) is 1.68. The first-order valence-corrected chi connectivity index (χ1v) is 7.46. The minimum absolute atomic E-state index is 0. The second-order valence-electron chi connectivity index (χ2n) is 5.72. The van der Waals surface area contributed by atoms with Crippen molar-refractivity contribution in [3.05, 3.63) is 29.8 Å². The summed E-state index contributed by atoms with van der Waals surface area (Å²) in [7, 11) is 1.84. The lowest BCUT2D eigenvalue weighted by Gasteiger charge is -2.29. The van der Waals surface area contributed by atoms with Crippen LogP contribution in [0.4, 0.5) is 0 Å². The molecule has 2 N–H and O–H groups in total. The molecule has 0 spiro atoms. The van der Waals surface area contributed by atoms with Gasteiger partial charge >= 0.3 is 0 Å². The summed E-state index contributed by atoms with van der Waals surface area (Å²) in [5.41, 5.74) is 6.90. The summed E-state index contributed by atoms with van der Waals surface area (Å²) in [6.45, 7) is 7.47. The molecule has 0 aromatic heterocycles. The zero-order valence-corrected chi connectivity index (χ0v) is 14.3. The van der Waals surface area contributed by atoms with Crippen LogP contribution in [0.1, 0.15) is 19.4 Å². The maximum absolute atomic E-state index is 12.0. The number of hydrogen-bond donors (Lipinski definition) is 1. The van der Waals surface area contributed by atoms with Gasteiger partial charge in [0.1, 0.15) is 0 Å². The Bertz CT molecular complexity index is 420. The summed E-state index contributed by atoms with van der Waals surface area (Å²) >= 11 is 1.58. The van der Waals surface area contributed by atoms with E-state index in [2.05, 4.69) is 45.0 Å². The van der Waals surface area contributed by atoms with Crippen LogP contribution in [0.25, 0.3) is 0 Å². The number of halogens is 1. The highest BCUT2D eigenvalue weighted by Gasteiger charge is 2.20. The Balaban J connectivity index is 0.00000361. The molecule has 0 radical (unpaired) electrons. The van der Waals surface area contributed by atoms with E-state index in [0.717, 1.165) is 4.90 Å². The third-order valence-electron chi connectivity index (χ3n) is 3.03. The van der Waals surface area contributed by atoms with E-state index in [4.69, 9.17) is 5.73 Å². The van der Waals surface area contributed by atoms with Gasteiger partial charge in [0.25, 0.3) is 0 Å². The Kier molecular flexibility index (Phi) is 8.25. The molecule has 1 aromatic carbocycles. The Morgan fingerprint density at radius 3 is 2.35 bits per heavy atom. The van der Waals surface area contributed by atoms with Crippen molar-refractivity contribution in [1.82, 2.24) is 4.90 Å². The minimum atomic E-state index is -0.0288. The van der Waals surface area contributed by atoms with Gasteiger partial charge in [0.15, 0.2) is 0 Å². The first-order chi connectivity index (χ1) is 8.84. The molecule has 0 heterocycles. The summed E-state index contributed by atoms with van der Waals surface area (Å²) < 4.78 is 0. The first kappa shape index (κ1) is 19.3. The number of rotatable bonds is 6. The normalized spacial score (nSPS) is 10.8. The van der Waals surface area contributed by atoms with E-state index in [9.17, 15) is 4.79 Å². The number of nitrogens with zero attached hydrogens (tertiary/aromatic N) is 1. The lowest BCUT2D eigenvalue weighted by molar-refractivity contribution is -0.128. The van der Waals surface area contributed by atoms with Crippen molar-refractivity contribution in [3.8, 4) is 0 Å². The molecule has 0 aliphatic rings. The highest BCUT2D eigenvalue weighted by Crippen LogP contribution is 2.20. The van der Waals surface area contributed by atoms with E-state index in [-0.39, 0.29) is 23.7 Å². The minimum Gasteiger partial charge on any atom is -0.344 e. The molecule has 0 bridgehead atoms. The molecule has 0 saturated heterocycles. The summed E-state index contributed by atoms with van der Waals surface area (Å²) in [5.74, 6) is 0.618. The predicted molar refractivity (Wildman–Crippen MR) is 89.6 cm³/mol. The predicted octanol–water partition coefficient (Wildman–Crippen LogP) is 2.95. The first-order valence-electron chi connectivity index (χ1n) is 6.47. The second-order valence-corrected chi connectivity index (χ2v) is 6.77. The number of hydrogen-bond acceptors (Lipinski definition) is 3. The number of benzene rings is 1. The molecule has 0 aliphatic carbocycles. The van der Waals surface area contributed by atoms with Gasteiger partial charge in [-0.05, 0) is 31.0 Å². The van der Waals surface area contributed by atoms with Gasteiger partial charge in [-0.25, -0.2) is 0 Å². The van der Waals surface area contributed by atoms with Crippen molar-refractivity contribution in [2.45, 2.75) is 25.7 Å². The van der Waals surface area contributed by atoms with Crippen LogP contribution >= 0.6 is 24.2 Å². The van der Waals surface area contributed by atoms with Gasteiger partial charge < -0.3 is 10.6 Å². The Morgan fingerprint density at radius 2 is 1.85 bits per heavy atom. The van der Waals surface area contributed by atoms with Crippen molar-refractivity contribution < 1.29 is 4.79 Å². The molecule has 1 amide bonds. The van der Waals surface area contributed by atoms with Gasteiger partial charge in [0.05, 0.1) is 5.75 Å². The fourth-order valence-corrected chi connectivity index (χ4v) is 2.52. The number of aryl methyl sites for hydroxylation is 1. The van der Waals surface area contributed by atoms with E-state index < -0.39 is 0 Å². The number of nitrogens with two attached hydrogens (primary N) is 1. The van der Waals surface area contributed by atoms with Gasteiger partial charge in [0, 0.05) is 18.5 Å². The molecule has 1 rings (SSSR count). The van der Waals surface area contributed by atoms with Crippen LogP contribution in [0, 0.1) is 12.3 Å². The molecule has 0 atom stereocenters. The number of carbonyl (C=O) groups excluding carboxylic acids is 1. The summed E-state index contributed by atoms with van der Waals surface area (Å²) in [4.78, 5) is 14.9. The smallest absolute Gasteiger partial charge is 0.232 e. The van der Waals surface area contributed by atoms with Crippen LogP contribution in [-0.2, 0) is 4.79 Å². The van der Waals surface area contributed by atoms with Crippen LogP contribution in [-0.4, -0.2) is 36.7 Å². The monoisotopic (exact) mass is 316 g/mol. The second kappa shape index (κ2) is 8.55. The lowest BCUT2D eigenvalue weighted by atomic mass is 9.93. The molecular weight excluding hydrogens is 292 g/mol. The molecule has 0 aliphatic heterocycles. The van der Waals surface area contributed by atoms with Crippen molar-refractivity contribution in [2.75, 3.05) is 25.9 Å². The topological polar surface area (TPSA) is 46.3 Å². The van der Waals surface area contributed by atoms with E-state index >= 15 is 0 Å². The highest BCUT2D eigenvalue weighted by atomic mass is 35.5. The number of carbonyl (C=O) groups is 1. The molecule has 0 fully saturated rings. The largest absolute Gasteiger partial charge is 0.344 e. The third-order valence-corrected chi connectivity index (χ3v) is 4.02. The van der Waals surface area contributed by atoms with E-state index in [1.165, 1.54) is 5.56 Å². The fraction of sp³-hybridized carbons (Fsp3) is 0.533. The molecule has 1 aromatic rings. The molecule has 5 heteroatoms. The van der Waals surface area contributed by atoms with Gasteiger partial charge in [-0.2, -0.15) is 0 Å². The molecule has 0 unspecified atom stereocenters. The van der Waals surface area contributed by atoms with Crippen molar-refractivity contribution in [1.29, 1.82) is 0 Å². The van der Waals surface area contributed by atoms with Crippen LogP contribution in [0.5, 0.6) is 0 Å². The van der Waals surface area contributed by atoms with Crippen LogP contribution in [0.2, 0.25) is 0 Å². The SMILES string of the molecule is Cc1ccc(SCC(=O)N(C)CC(C)(C)CN)cc1.Cl. The quantitative estimate of drug-likeness (QED) is 0.821. The zero-order valence-electron chi connectivity index (χ0n) is 12.7. The van der Waals surface area contributed by atoms with Gasteiger partial charge in [-0.3, -0.25) is 4.79 Å². The Hall–Kier alpha value is -0.710. The summed E-state index contributed by atoms with van der Waals surface area (Å²) in [6.07, 6.45) is 0. The average Bonchev–Trinajstić information content (AvgIpc) is 2.37. The Labute approximate surface area is 132 Å². The van der Waals surface area contributed by atoms with Gasteiger partial charge in [-0.15, -0.1) is 24.2 Å². The molecule has 0 saturated carbocycles. The summed E-state index contributed by atoms with van der Waals surface area (Å²) in [5, 5.41) is 0. The maximum Gasteiger partial charge on any atom is 0.232 e. The standard InChI is InChI=1S/C15H24N2OS.ClH/c1-12-5-7-13(8-6-12)19-9-14(18)17(4)11-15(2,3)10-16;/h5-8H,9-11,16H2,1-4H3;1H.